The Hall–Kier alpha value is -0.950. The Bertz CT molecular complexity index is 453. The number of hydrogen-bond donors (Lipinski definition) is 1. The lowest BCUT2D eigenvalue weighted by Crippen LogP contribution is -2.25. The molecule has 1 heterocycles. The van der Waals surface area contributed by atoms with Gasteiger partial charge in [-0.3, -0.25) is 0 Å². The Balaban J connectivity index is 2.55. The normalized spacial score (nSPS) is 12.2. The second kappa shape index (κ2) is 6.84. The first-order chi connectivity index (χ1) is 8.44. The minimum atomic E-state index is -2.96. The van der Waals surface area contributed by atoms with E-state index in [0.717, 1.165) is 5.82 Å². The number of aryl methyl sites for hydroxylation is 1. The third-order valence-corrected chi connectivity index (χ3v) is 4.33. The number of hydrogen-bond acceptors (Lipinski definition) is 5. The summed E-state index contributed by atoms with van der Waals surface area (Å²) in [6, 6.07) is 0.360. The molecule has 0 aliphatic carbocycles. The van der Waals surface area contributed by atoms with Crippen LogP contribution in [-0.2, 0) is 22.9 Å². The Kier molecular flexibility index (Phi) is 5.74. The van der Waals surface area contributed by atoms with E-state index in [2.05, 4.69) is 15.4 Å². The van der Waals surface area contributed by atoms with Crippen molar-refractivity contribution in [3.05, 3.63) is 12.2 Å². The first-order valence-electron chi connectivity index (χ1n) is 6.25. The average Bonchev–Trinajstić information content (AvgIpc) is 2.71. The van der Waals surface area contributed by atoms with Gasteiger partial charge in [0.05, 0.1) is 18.8 Å². The maximum absolute atomic E-state index is 11.6. The van der Waals surface area contributed by atoms with Crippen molar-refractivity contribution in [2.75, 3.05) is 11.5 Å². The fraction of sp³-hybridized carbons (Fsp3) is 0.818. The summed E-state index contributed by atoms with van der Waals surface area (Å²) in [5, 5.41) is 7.30. The van der Waals surface area contributed by atoms with Gasteiger partial charge in [0, 0.05) is 11.8 Å². The fourth-order valence-electron chi connectivity index (χ4n) is 1.55. The van der Waals surface area contributed by atoms with Crippen LogP contribution in [0.3, 0.4) is 0 Å². The van der Waals surface area contributed by atoms with Gasteiger partial charge >= 0.3 is 0 Å². The van der Waals surface area contributed by atoms with Crippen LogP contribution in [0.25, 0.3) is 0 Å². The molecule has 0 aliphatic rings. The Morgan fingerprint density at radius 2 is 2.11 bits per heavy atom. The summed E-state index contributed by atoms with van der Waals surface area (Å²) in [5.41, 5.74) is 0. The van der Waals surface area contributed by atoms with Crippen LogP contribution in [0.5, 0.6) is 0 Å². The number of nitrogens with zero attached hydrogens (tertiary/aromatic N) is 3. The Labute approximate surface area is 109 Å². The van der Waals surface area contributed by atoms with Crippen LogP contribution in [-0.4, -0.2) is 40.7 Å². The summed E-state index contributed by atoms with van der Waals surface area (Å²) < 4.78 is 24.9. The van der Waals surface area contributed by atoms with E-state index >= 15 is 0 Å². The molecule has 7 heteroatoms. The Morgan fingerprint density at radius 1 is 1.39 bits per heavy atom. The summed E-state index contributed by atoms with van der Waals surface area (Å²) in [6.07, 6.45) is 2.12. The van der Waals surface area contributed by atoms with Gasteiger partial charge in [0.15, 0.2) is 9.84 Å². The topological polar surface area (TPSA) is 76.9 Å². The molecule has 1 aromatic rings. The highest BCUT2D eigenvalue weighted by Crippen LogP contribution is 1.99. The lowest BCUT2D eigenvalue weighted by atomic mass is 10.4. The molecule has 104 valence electrons. The van der Waals surface area contributed by atoms with E-state index in [-0.39, 0.29) is 11.5 Å². The van der Waals surface area contributed by atoms with Gasteiger partial charge in [0.1, 0.15) is 12.2 Å². The quantitative estimate of drug-likeness (QED) is 0.751. The molecule has 0 saturated carbocycles. The largest absolute Gasteiger partial charge is 0.308 e. The van der Waals surface area contributed by atoms with Gasteiger partial charge < -0.3 is 5.32 Å². The molecule has 0 amide bonds. The van der Waals surface area contributed by atoms with Crippen LogP contribution in [0.15, 0.2) is 6.33 Å². The van der Waals surface area contributed by atoms with E-state index < -0.39 is 9.84 Å². The van der Waals surface area contributed by atoms with Crippen molar-refractivity contribution in [2.24, 2.45) is 0 Å². The van der Waals surface area contributed by atoms with Gasteiger partial charge in [-0.15, -0.1) is 0 Å². The summed E-state index contributed by atoms with van der Waals surface area (Å²) in [4.78, 5) is 4.13. The summed E-state index contributed by atoms with van der Waals surface area (Å²) in [7, 11) is -2.96. The first kappa shape index (κ1) is 15.1. The highest BCUT2D eigenvalue weighted by atomic mass is 32.2. The molecule has 0 spiro atoms. The zero-order valence-electron chi connectivity index (χ0n) is 11.3. The van der Waals surface area contributed by atoms with Gasteiger partial charge in [-0.2, -0.15) is 5.10 Å². The molecule has 0 radical (unpaired) electrons. The van der Waals surface area contributed by atoms with Gasteiger partial charge in [-0.05, 0) is 6.42 Å². The Morgan fingerprint density at radius 3 is 2.72 bits per heavy atom. The molecule has 0 atom stereocenters. The molecule has 0 saturated heterocycles. The predicted molar refractivity (Wildman–Crippen MR) is 70.9 cm³/mol. The number of nitrogens with one attached hydrogen (secondary N) is 1. The molecule has 1 rings (SSSR count). The molecular formula is C11H22N4O2S. The van der Waals surface area contributed by atoms with E-state index in [4.69, 9.17) is 0 Å². The molecule has 1 N–H and O–H groups in total. The maximum Gasteiger partial charge on any atom is 0.152 e. The molecule has 18 heavy (non-hydrogen) atoms. The highest BCUT2D eigenvalue weighted by molar-refractivity contribution is 7.91. The summed E-state index contributed by atoms with van der Waals surface area (Å²) in [5.74, 6) is 1.13. The van der Waals surface area contributed by atoms with Crippen LogP contribution < -0.4 is 5.32 Å². The third kappa shape index (κ3) is 5.14. The zero-order chi connectivity index (χ0) is 13.6. The van der Waals surface area contributed by atoms with Crippen LogP contribution >= 0.6 is 0 Å². The zero-order valence-corrected chi connectivity index (χ0v) is 12.1. The average molecular weight is 274 g/mol. The van der Waals surface area contributed by atoms with Gasteiger partial charge in [-0.1, -0.05) is 20.8 Å². The molecule has 0 unspecified atom stereocenters. The van der Waals surface area contributed by atoms with Crippen molar-refractivity contribution in [1.82, 2.24) is 20.1 Å². The fourth-order valence-corrected chi connectivity index (χ4v) is 2.82. The van der Waals surface area contributed by atoms with Crippen LogP contribution in [0.1, 0.15) is 33.0 Å². The maximum atomic E-state index is 11.6. The minimum absolute atomic E-state index is 0.124. The summed E-state index contributed by atoms with van der Waals surface area (Å²) >= 11 is 0. The highest BCUT2D eigenvalue weighted by Gasteiger charge is 2.12. The van der Waals surface area contributed by atoms with E-state index in [1.54, 1.807) is 4.68 Å². The van der Waals surface area contributed by atoms with Gasteiger partial charge in [-0.25, -0.2) is 18.1 Å². The lowest BCUT2D eigenvalue weighted by molar-refractivity contribution is 0.527. The van der Waals surface area contributed by atoms with Crippen molar-refractivity contribution in [3.63, 3.8) is 0 Å². The number of sulfone groups is 1. The van der Waals surface area contributed by atoms with Crippen molar-refractivity contribution < 1.29 is 8.42 Å². The second-order valence-electron chi connectivity index (χ2n) is 4.59. The summed E-state index contributed by atoms with van der Waals surface area (Å²) in [6.45, 7) is 6.94. The minimum Gasteiger partial charge on any atom is -0.308 e. The third-order valence-electron chi connectivity index (χ3n) is 2.49. The molecule has 0 aliphatic heterocycles. The van der Waals surface area contributed by atoms with E-state index in [1.165, 1.54) is 6.33 Å². The van der Waals surface area contributed by atoms with E-state index in [1.807, 2.05) is 20.8 Å². The van der Waals surface area contributed by atoms with E-state index in [9.17, 15) is 8.42 Å². The SMILES string of the molecule is CCCS(=O)(=O)CCn1ncnc1CNC(C)C. The molecular weight excluding hydrogens is 252 g/mol. The van der Waals surface area contributed by atoms with Crippen LogP contribution in [0.2, 0.25) is 0 Å². The monoisotopic (exact) mass is 274 g/mol. The molecule has 0 bridgehead atoms. The van der Waals surface area contributed by atoms with Gasteiger partial charge in [0.2, 0.25) is 0 Å². The van der Waals surface area contributed by atoms with Crippen LogP contribution in [0.4, 0.5) is 0 Å². The van der Waals surface area contributed by atoms with Crippen molar-refractivity contribution in [3.8, 4) is 0 Å². The second-order valence-corrected chi connectivity index (χ2v) is 6.89. The van der Waals surface area contributed by atoms with Crippen LogP contribution in [0, 0.1) is 0 Å². The smallest absolute Gasteiger partial charge is 0.152 e. The van der Waals surface area contributed by atoms with E-state index in [0.29, 0.717) is 25.6 Å². The molecule has 1 aromatic heterocycles. The predicted octanol–water partition coefficient (Wildman–Crippen LogP) is 0.601. The van der Waals surface area contributed by atoms with Crippen molar-refractivity contribution >= 4 is 9.84 Å². The van der Waals surface area contributed by atoms with Crippen molar-refractivity contribution in [1.29, 1.82) is 0 Å². The number of rotatable bonds is 8. The first-order valence-corrected chi connectivity index (χ1v) is 8.07. The standard InChI is InChI=1S/C11H22N4O2S/c1-4-6-18(16,17)7-5-15-11(13-9-14-15)8-12-10(2)3/h9-10,12H,4-8H2,1-3H3. The molecule has 0 aromatic carbocycles. The molecule has 6 nitrogen and oxygen atoms in total. The lowest BCUT2D eigenvalue weighted by Gasteiger charge is -2.09. The number of aromatic nitrogens is 3. The molecule has 0 fully saturated rings. The van der Waals surface area contributed by atoms with Crippen molar-refractivity contribution in [2.45, 2.75) is 46.3 Å². The van der Waals surface area contributed by atoms with Gasteiger partial charge in [0.25, 0.3) is 0 Å².